The van der Waals surface area contributed by atoms with E-state index in [1.165, 1.54) is 7.11 Å². The van der Waals surface area contributed by atoms with Crippen LogP contribution in [0, 0.1) is 13.8 Å². The molecule has 2 fully saturated rings. The Balaban J connectivity index is 1.75. The van der Waals surface area contributed by atoms with Gasteiger partial charge in [-0.3, -0.25) is 9.69 Å². The van der Waals surface area contributed by atoms with E-state index >= 15 is 0 Å². The van der Waals surface area contributed by atoms with Gasteiger partial charge in [0.25, 0.3) is 5.91 Å². The van der Waals surface area contributed by atoms with Crippen molar-refractivity contribution in [2.45, 2.75) is 58.8 Å². The van der Waals surface area contributed by atoms with Gasteiger partial charge in [-0.25, -0.2) is 4.79 Å². The highest BCUT2D eigenvalue weighted by Crippen LogP contribution is 2.26. The van der Waals surface area contributed by atoms with E-state index in [9.17, 15) is 9.59 Å². The van der Waals surface area contributed by atoms with Gasteiger partial charge >= 0.3 is 5.97 Å². The maximum absolute atomic E-state index is 13.2. The molecule has 3 rings (SSSR count). The summed E-state index contributed by atoms with van der Waals surface area (Å²) in [6.45, 7) is 11.2. The molecule has 0 spiro atoms. The van der Waals surface area contributed by atoms with Crippen LogP contribution in [0.3, 0.4) is 0 Å². The Morgan fingerprint density at radius 3 is 2.52 bits per heavy atom. The number of aromatic nitrogens is 1. The molecule has 2 aliphatic heterocycles. The number of nitrogens with zero attached hydrogens (tertiary/aromatic N) is 2. The minimum atomic E-state index is -0.408. The molecule has 2 aliphatic rings. The number of nitrogens with one attached hydrogen (secondary N) is 1. The van der Waals surface area contributed by atoms with E-state index in [4.69, 9.17) is 9.47 Å². The van der Waals surface area contributed by atoms with Crippen molar-refractivity contribution in [2.24, 2.45) is 0 Å². The molecule has 27 heavy (non-hydrogen) atoms. The Hall–Kier alpha value is -1.86. The lowest BCUT2D eigenvalue weighted by Gasteiger charge is -2.38. The van der Waals surface area contributed by atoms with Crippen molar-refractivity contribution < 1.29 is 19.1 Å². The number of amides is 1. The third kappa shape index (κ3) is 4.04. The van der Waals surface area contributed by atoms with Gasteiger partial charge in [0.05, 0.1) is 24.9 Å². The topological polar surface area (TPSA) is 74.9 Å². The number of hydrogen-bond donors (Lipinski definition) is 1. The second-order valence-electron chi connectivity index (χ2n) is 7.89. The molecule has 0 radical (unpaired) electrons. The molecule has 150 valence electrons. The van der Waals surface area contributed by atoms with Crippen LogP contribution < -0.4 is 0 Å². The van der Waals surface area contributed by atoms with E-state index in [-0.39, 0.29) is 24.2 Å². The summed E-state index contributed by atoms with van der Waals surface area (Å²) in [6.07, 6.45) is 2.45. The van der Waals surface area contributed by atoms with E-state index in [0.717, 1.165) is 39.0 Å². The third-order valence-electron chi connectivity index (χ3n) is 5.64. The number of carbonyl (C=O) groups excluding carboxylic acids is 2. The van der Waals surface area contributed by atoms with Gasteiger partial charge in [-0.2, -0.15) is 0 Å². The zero-order valence-electron chi connectivity index (χ0n) is 17.0. The van der Waals surface area contributed by atoms with E-state index in [1.807, 2.05) is 4.90 Å². The molecule has 0 bridgehead atoms. The van der Waals surface area contributed by atoms with Crippen molar-refractivity contribution in [1.29, 1.82) is 0 Å². The first-order valence-electron chi connectivity index (χ1n) is 9.78. The zero-order chi connectivity index (χ0) is 19.7. The molecule has 1 amide bonds. The summed E-state index contributed by atoms with van der Waals surface area (Å²) in [5, 5.41) is 0. The summed E-state index contributed by atoms with van der Waals surface area (Å²) in [6, 6.07) is 0.194. The Morgan fingerprint density at radius 2 is 1.89 bits per heavy atom. The van der Waals surface area contributed by atoms with E-state index in [0.29, 0.717) is 22.5 Å². The second-order valence-corrected chi connectivity index (χ2v) is 7.89. The second kappa shape index (κ2) is 8.02. The van der Waals surface area contributed by atoms with Gasteiger partial charge in [0, 0.05) is 37.9 Å². The van der Waals surface area contributed by atoms with Crippen molar-refractivity contribution in [1.82, 2.24) is 14.8 Å². The van der Waals surface area contributed by atoms with E-state index in [1.54, 1.807) is 13.8 Å². The quantitative estimate of drug-likeness (QED) is 0.814. The predicted octanol–water partition coefficient (Wildman–Crippen LogP) is 2.13. The molecule has 0 saturated carbocycles. The van der Waals surface area contributed by atoms with Gasteiger partial charge in [-0.05, 0) is 46.1 Å². The van der Waals surface area contributed by atoms with Crippen LogP contribution in [0.4, 0.5) is 0 Å². The van der Waals surface area contributed by atoms with Crippen molar-refractivity contribution in [3.05, 3.63) is 22.5 Å². The molecule has 7 heteroatoms. The molecule has 3 heterocycles. The number of methoxy groups -OCH3 is 1. The van der Waals surface area contributed by atoms with Crippen molar-refractivity contribution in [2.75, 3.05) is 33.3 Å². The number of carbonyl (C=O) groups is 2. The molecule has 1 N–H and O–H groups in total. The number of hydrogen-bond acceptors (Lipinski definition) is 5. The number of esters is 1. The first-order valence-corrected chi connectivity index (χ1v) is 9.78. The number of H-pyrrole nitrogens is 1. The molecule has 0 aliphatic carbocycles. The number of aromatic amines is 1. The molecule has 1 aromatic heterocycles. The third-order valence-corrected chi connectivity index (χ3v) is 5.64. The van der Waals surface area contributed by atoms with Crippen molar-refractivity contribution in [3.8, 4) is 0 Å². The minimum Gasteiger partial charge on any atom is -0.465 e. The van der Waals surface area contributed by atoms with Crippen LogP contribution in [0.15, 0.2) is 0 Å². The summed E-state index contributed by atoms with van der Waals surface area (Å²) >= 11 is 0. The fourth-order valence-corrected chi connectivity index (χ4v) is 4.54. The normalized spacial score (nSPS) is 26.4. The highest BCUT2D eigenvalue weighted by molar-refractivity contribution is 6.00. The largest absolute Gasteiger partial charge is 0.465 e. The highest BCUT2D eigenvalue weighted by Gasteiger charge is 2.35. The van der Waals surface area contributed by atoms with Crippen molar-refractivity contribution >= 4 is 11.9 Å². The Morgan fingerprint density at radius 1 is 1.22 bits per heavy atom. The summed E-state index contributed by atoms with van der Waals surface area (Å²) in [5.41, 5.74) is 2.31. The Kier molecular flexibility index (Phi) is 5.91. The van der Waals surface area contributed by atoms with Crippen LogP contribution in [0.5, 0.6) is 0 Å². The lowest BCUT2D eigenvalue weighted by molar-refractivity contribution is -0.0715. The van der Waals surface area contributed by atoms with Gasteiger partial charge in [0.1, 0.15) is 5.69 Å². The molecular formula is C20H31N3O4. The summed E-state index contributed by atoms with van der Waals surface area (Å²) in [4.78, 5) is 32.7. The van der Waals surface area contributed by atoms with Gasteiger partial charge in [-0.1, -0.05) is 0 Å². The standard InChI is InChI=1S/C20H31N3O4/c1-12-9-22(10-13(2)27-12)11-16-7-6-8-23(16)19(24)18-14(3)17(15(4)21-18)20(25)26-5/h12-13,16,21H,6-11H2,1-5H3/t12-,13-,16-/m1/s1. The Bertz CT molecular complexity index is 704. The Labute approximate surface area is 161 Å². The van der Waals surface area contributed by atoms with Crippen LogP contribution in [0.2, 0.25) is 0 Å². The van der Waals surface area contributed by atoms with Gasteiger partial charge in [0.2, 0.25) is 0 Å². The summed E-state index contributed by atoms with van der Waals surface area (Å²) in [7, 11) is 1.36. The lowest BCUT2D eigenvalue weighted by atomic mass is 10.1. The molecular weight excluding hydrogens is 346 g/mol. The van der Waals surface area contributed by atoms with Crippen LogP contribution in [0.1, 0.15) is 58.8 Å². The highest BCUT2D eigenvalue weighted by atomic mass is 16.5. The van der Waals surface area contributed by atoms with Crippen LogP contribution >= 0.6 is 0 Å². The van der Waals surface area contributed by atoms with E-state index in [2.05, 4.69) is 23.7 Å². The maximum Gasteiger partial charge on any atom is 0.339 e. The summed E-state index contributed by atoms with van der Waals surface area (Å²) < 4.78 is 10.7. The first kappa shape index (κ1) is 19.9. The molecule has 0 aromatic carbocycles. The number of likely N-dealkylation sites (tertiary alicyclic amines) is 1. The molecule has 0 unspecified atom stereocenters. The number of morpholine rings is 1. The summed E-state index contributed by atoms with van der Waals surface area (Å²) in [5.74, 6) is -0.433. The van der Waals surface area contributed by atoms with Gasteiger partial charge in [-0.15, -0.1) is 0 Å². The minimum absolute atomic E-state index is 0.0254. The maximum atomic E-state index is 13.2. The number of aryl methyl sites for hydroxylation is 1. The van der Waals surface area contributed by atoms with Gasteiger partial charge < -0.3 is 19.4 Å². The zero-order valence-corrected chi connectivity index (χ0v) is 17.0. The number of rotatable bonds is 4. The fourth-order valence-electron chi connectivity index (χ4n) is 4.54. The monoisotopic (exact) mass is 377 g/mol. The average molecular weight is 377 g/mol. The smallest absolute Gasteiger partial charge is 0.339 e. The van der Waals surface area contributed by atoms with Crippen LogP contribution in [-0.4, -0.2) is 78.2 Å². The molecule has 7 nitrogen and oxygen atoms in total. The average Bonchev–Trinajstić information content (AvgIpc) is 3.17. The lowest BCUT2D eigenvalue weighted by Crippen LogP contribution is -2.51. The first-order chi connectivity index (χ1) is 12.8. The fraction of sp³-hybridized carbons (Fsp3) is 0.700. The predicted molar refractivity (Wildman–Crippen MR) is 102 cm³/mol. The van der Waals surface area contributed by atoms with Gasteiger partial charge in [0.15, 0.2) is 0 Å². The molecule has 2 saturated heterocycles. The number of ether oxygens (including phenoxy) is 2. The molecule has 1 aromatic rings. The molecule has 3 atom stereocenters. The van der Waals surface area contributed by atoms with Crippen LogP contribution in [0.25, 0.3) is 0 Å². The van der Waals surface area contributed by atoms with Crippen molar-refractivity contribution in [3.63, 3.8) is 0 Å². The van der Waals surface area contributed by atoms with E-state index < -0.39 is 5.97 Å². The van der Waals surface area contributed by atoms with Crippen LogP contribution in [-0.2, 0) is 9.47 Å². The SMILES string of the molecule is COC(=O)c1c(C)[nH]c(C(=O)N2CCC[C@@H]2CN2C[C@@H](C)O[C@H](C)C2)c1C.